The third kappa shape index (κ3) is 6.13. The predicted octanol–water partition coefficient (Wildman–Crippen LogP) is 6.70. The number of carbonyl (C=O) groups excluding carboxylic acids is 1. The molecule has 0 atom stereocenters. The van der Waals surface area contributed by atoms with Crippen molar-refractivity contribution in [3.63, 3.8) is 0 Å². The lowest BCUT2D eigenvalue weighted by atomic mass is 9.98. The summed E-state index contributed by atoms with van der Waals surface area (Å²) < 4.78 is 22.8. The van der Waals surface area contributed by atoms with Crippen molar-refractivity contribution in [2.75, 3.05) is 19.8 Å². The molecule has 0 spiro atoms. The molecule has 0 aliphatic carbocycles. The van der Waals surface area contributed by atoms with Gasteiger partial charge in [0.05, 0.1) is 13.2 Å². The van der Waals surface area contributed by atoms with Crippen LogP contribution in [0.3, 0.4) is 0 Å². The van der Waals surface area contributed by atoms with E-state index in [1.807, 2.05) is 36.4 Å². The van der Waals surface area contributed by atoms with Crippen LogP contribution < -0.4 is 4.74 Å². The highest BCUT2D eigenvalue weighted by Gasteiger charge is 2.17. The Morgan fingerprint density at radius 1 is 0.938 bits per heavy atom. The molecule has 5 nitrogen and oxygen atoms in total. The third-order valence-corrected chi connectivity index (χ3v) is 5.39. The Balaban J connectivity index is 1.77. The van der Waals surface area contributed by atoms with Gasteiger partial charge in [0.25, 0.3) is 0 Å². The van der Waals surface area contributed by atoms with Gasteiger partial charge in [0.15, 0.2) is 6.61 Å². The smallest absolute Gasteiger partial charge is 0.344 e. The molecule has 0 bridgehead atoms. The molecular formula is C27H34O5. The van der Waals surface area contributed by atoms with E-state index < -0.39 is 0 Å². The van der Waals surface area contributed by atoms with Crippen molar-refractivity contribution in [3.8, 4) is 16.9 Å². The fourth-order valence-corrected chi connectivity index (χ4v) is 3.61. The van der Waals surface area contributed by atoms with Crippen LogP contribution in [-0.4, -0.2) is 25.8 Å². The van der Waals surface area contributed by atoms with E-state index in [4.69, 9.17) is 18.6 Å². The van der Waals surface area contributed by atoms with Crippen molar-refractivity contribution in [2.24, 2.45) is 0 Å². The summed E-state index contributed by atoms with van der Waals surface area (Å²) >= 11 is 0. The Morgan fingerprint density at radius 3 is 2.41 bits per heavy atom. The van der Waals surface area contributed by atoms with E-state index in [-0.39, 0.29) is 12.6 Å². The van der Waals surface area contributed by atoms with Crippen LogP contribution in [-0.2, 0) is 27.3 Å². The first-order valence-electron chi connectivity index (χ1n) is 11.7. The topological polar surface area (TPSA) is 57.9 Å². The fraction of sp³-hybridized carbons (Fsp3) is 0.444. The van der Waals surface area contributed by atoms with Crippen molar-refractivity contribution in [1.29, 1.82) is 0 Å². The lowest BCUT2D eigenvalue weighted by Crippen LogP contribution is -2.15. The molecule has 172 valence electrons. The van der Waals surface area contributed by atoms with E-state index in [2.05, 4.69) is 26.8 Å². The first-order chi connectivity index (χ1) is 15.7. The Bertz CT molecular complexity index is 987. The predicted molar refractivity (Wildman–Crippen MR) is 127 cm³/mol. The minimum atomic E-state index is -0.342. The van der Waals surface area contributed by atoms with Crippen LogP contribution in [0.1, 0.15) is 57.8 Å². The fourth-order valence-electron chi connectivity index (χ4n) is 3.61. The average molecular weight is 439 g/mol. The molecule has 32 heavy (non-hydrogen) atoms. The van der Waals surface area contributed by atoms with Gasteiger partial charge in [-0.25, -0.2) is 4.79 Å². The van der Waals surface area contributed by atoms with Gasteiger partial charge >= 0.3 is 5.97 Å². The number of esters is 1. The van der Waals surface area contributed by atoms with Gasteiger partial charge in [0, 0.05) is 24.0 Å². The molecule has 0 aliphatic heterocycles. The summed E-state index contributed by atoms with van der Waals surface area (Å²) in [5, 5.41) is 1.11. The van der Waals surface area contributed by atoms with Gasteiger partial charge < -0.3 is 18.6 Å². The van der Waals surface area contributed by atoms with E-state index >= 15 is 0 Å². The van der Waals surface area contributed by atoms with Crippen LogP contribution in [0.4, 0.5) is 0 Å². The molecule has 0 saturated heterocycles. The minimum Gasteiger partial charge on any atom is -0.482 e. The quantitative estimate of drug-likeness (QED) is 0.219. The molecule has 0 aliphatic rings. The zero-order valence-electron chi connectivity index (χ0n) is 19.4. The number of hydrogen-bond acceptors (Lipinski definition) is 5. The molecule has 2 aromatic carbocycles. The number of carbonyl (C=O) groups is 1. The Hall–Kier alpha value is -2.79. The first kappa shape index (κ1) is 23.9. The monoisotopic (exact) mass is 438 g/mol. The molecule has 5 heteroatoms. The number of aryl methyl sites for hydroxylation is 1. The second kappa shape index (κ2) is 12.3. The number of fused-ring (bicyclic) bond motifs is 1. The van der Waals surface area contributed by atoms with E-state index in [1.165, 1.54) is 0 Å². The Morgan fingerprint density at radius 2 is 1.69 bits per heavy atom. The van der Waals surface area contributed by atoms with E-state index in [9.17, 15) is 4.79 Å². The number of benzene rings is 2. The van der Waals surface area contributed by atoms with Crippen molar-refractivity contribution in [1.82, 2.24) is 0 Å². The molecule has 0 fully saturated rings. The van der Waals surface area contributed by atoms with Gasteiger partial charge in [0.1, 0.15) is 17.1 Å². The van der Waals surface area contributed by atoms with Crippen LogP contribution in [0, 0.1) is 0 Å². The maximum absolute atomic E-state index is 11.8. The molecular weight excluding hydrogens is 404 g/mol. The van der Waals surface area contributed by atoms with Gasteiger partial charge in [-0.2, -0.15) is 0 Å². The highest BCUT2D eigenvalue weighted by molar-refractivity contribution is 5.97. The van der Waals surface area contributed by atoms with Crippen LogP contribution in [0.15, 0.2) is 46.9 Å². The number of furan rings is 1. The van der Waals surface area contributed by atoms with Crippen LogP contribution in [0.25, 0.3) is 22.1 Å². The summed E-state index contributed by atoms with van der Waals surface area (Å²) in [5.74, 6) is 1.27. The maximum Gasteiger partial charge on any atom is 0.344 e. The molecule has 0 radical (unpaired) electrons. The molecule has 1 heterocycles. The van der Waals surface area contributed by atoms with E-state index in [0.29, 0.717) is 19.0 Å². The van der Waals surface area contributed by atoms with Gasteiger partial charge in [-0.15, -0.1) is 0 Å². The molecule has 3 aromatic rings. The molecule has 0 saturated carbocycles. The second-order valence-electron chi connectivity index (χ2n) is 7.83. The maximum atomic E-state index is 11.8. The van der Waals surface area contributed by atoms with Crippen LogP contribution in [0.5, 0.6) is 5.75 Å². The number of hydrogen-bond donors (Lipinski definition) is 0. The third-order valence-electron chi connectivity index (χ3n) is 5.39. The number of unbranched alkanes of at least 4 members (excludes halogenated alkanes) is 2. The Labute approximate surface area is 190 Å². The van der Waals surface area contributed by atoms with Crippen LogP contribution in [0.2, 0.25) is 0 Å². The summed E-state index contributed by atoms with van der Waals surface area (Å²) in [6, 6.07) is 13.9. The number of rotatable bonds is 13. The molecule has 1 aromatic heterocycles. The molecule has 0 N–H and O–H groups in total. The lowest BCUT2D eigenvalue weighted by molar-refractivity contribution is -0.146. The minimum absolute atomic E-state index is 0.0838. The molecule has 0 unspecified atom stereocenters. The van der Waals surface area contributed by atoms with Crippen LogP contribution >= 0.6 is 0 Å². The summed E-state index contributed by atoms with van der Waals surface area (Å²) in [7, 11) is 0. The Kier molecular flexibility index (Phi) is 9.17. The van der Waals surface area contributed by atoms with E-state index in [0.717, 1.165) is 72.1 Å². The van der Waals surface area contributed by atoms with Gasteiger partial charge in [-0.05, 0) is 42.2 Å². The lowest BCUT2D eigenvalue weighted by Gasteiger charge is -2.10. The highest BCUT2D eigenvalue weighted by atomic mass is 16.6. The van der Waals surface area contributed by atoms with Gasteiger partial charge in [0.2, 0.25) is 0 Å². The first-order valence-corrected chi connectivity index (χ1v) is 11.7. The van der Waals surface area contributed by atoms with E-state index in [1.54, 1.807) is 0 Å². The van der Waals surface area contributed by atoms with Gasteiger partial charge in [-0.3, -0.25) is 0 Å². The largest absolute Gasteiger partial charge is 0.482 e. The molecule has 0 amide bonds. The average Bonchev–Trinajstić information content (AvgIpc) is 3.19. The second-order valence-corrected chi connectivity index (χ2v) is 7.83. The number of ether oxygens (including phenoxy) is 3. The molecule has 3 rings (SSSR count). The van der Waals surface area contributed by atoms with Crippen molar-refractivity contribution >= 4 is 16.9 Å². The summed E-state index contributed by atoms with van der Waals surface area (Å²) in [4.78, 5) is 11.8. The van der Waals surface area contributed by atoms with Gasteiger partial charge in [-0.1, -0.05) is 57.9 Å². The van der Waals surface area contributed by atoms with Crippen molar-refractivity contribution in [2.45, 2.75) is 59.5 Å². The summed E-state index contributed by atoms with van der Waals surface area (Å²) in [6.07, 6.45) is 4.85. The highest BCUT2D eigenvalue weighted by Crippen LogP contribution is 2.36. The summed E-state index contributed by atoms with van der Waals surface area (Å²) in [5.41, 5.74) is 4.17. The SMILES string of the molecule is CCCCOCc1c(CC)oc2cccc(-c3ccc(OCC(=O)OCCCC)cc3)c12. The standard InChI is InChI=1S/C27H34O5/c1-4-7-16-29-18-23-24(6-3)32-25-11-9-10-22(27(23)25)20-12-14-21(15-13-20)31-19-26(28)30-17-8-5-2/h9-15H,4-8,16-19H2,1-3H3. The normalized spacial score (nSPS) is 11.1. The van der Waals surface area contributed by atoms with Crippen molar-refractivity contribution < 1.29 is 23.4 Å². The summed E-state index contributed by atoms with van der Waals surface area (Å²) in [6.45, 7) is 7.98. The van der Waals surface area contributed by atoms with Crippen molar-refractivity contribution in [3.05, 3.63) is 53.8 Å². The zero-order valence-corrected chi connectivity index (χ0v) is 19.4. The zero-order chi connectivity index (χ0) is 22.8.